The molecule has 1 atom stereocenters. The third kappa shape index (κ3) is 3.31. The van der Waals surface area contributed by atoms with Gasteiger partial charge in [-0.15, -0.1) is 0 Å². The fourth-order valence-electron chi connectivity index (χ4n) is 3.49. The molecular weight excluding hydrogens is 358 g/mol. The first-order chi connectivity index (χ1) is 13.5. The van der Waals surface area contributed by atoms with E-state index in [4.69, 9.17) is 4.74 Å². The second-order valence-corrected chi connectivity index (χ2v) is 7.25. The van der Waals surface area contributed by atoms with E-state index in [1.54, 1.807) is 25.1 Å². The number of urea groups is 1. The first-order valence-corrected chi connectivity index (χ1v) is 9.24. The summed E-state index contributed by atoms with van der Waals surface area (Å²) < 4.78 is 5.43. The number of benzene rings is 2. The van der Waals surface area contributed by atoms with Gasteiger partial charge in [-0.1, -0.05) is 30.3 Å². The SMILES string of the molecule is CC1(CCc2ccccc2)NC(=O)N(NC(=O)c2ccc3c(c2)CCO3)C1=O. The van der Waals surface area contributed by atoms with Crippen LogP contribution in [0.1, 0.15) is 34.8 Å². The number of nitrogens with zero attached hydrogens (tertiary/aromatic N) is 1. The summed E-state index contributed by atoms with van der Waals surface area (Å²) in [5.74, 6) is -0.211. The minimum Gasteiger partial charge on any atom is -0.493 e. The molecule has 0 radical (unpaired) electrons. The van der Waals surface area contributed by atoms with E-state index >= 15 is 0 Å². The average molecular weight is 379 g/mol. The van der Waals surface area contributed by atoms with Crippen molar-refractivity contribution in [3.8, 4) is 5.75 Å². The Kier molecular flexibility index (Phi) is 4.50. The summed E-state index contributed by atoms with van der Waals surface area (Å²) >= 11 is 0. The quantitative estimate of drug-likeness (QED) is 0.780. The molecule has 2 N–H and O–H groups in total. The van der Waals surface area contributed by atoms with Crippen molar-refractivity contribution < 1.29 is 19.1 Å². The smallest absolute Gasteiger partial charge is 0.344 e. The van der Waals surface area contributed by atoms with Gasteiger partial charge in [-0.3, -0.25) is 15.0 Å². The van der Waals surface area contributed by atoms with Crippen LogP contribution in [0.3, 0.4) is 0 Å². The van der Waals surface area contributed by atoms with Gasteiger partial charge in [0.25, 0.3) is 11.8 Å². The van der Waals surface area contributed by atoms with Gasteiger partial charge in [-0.05, 0) is 49.1 Å². The number of ether oxygens (including phenoxy) is 1. The van der Waals surface area contributed by atoms with Crippen molar-refractivity contribution in [1.82, 2.24) is 15.8 Å². The van der Waals surface area contributed by atoms with Gasteiger partial charge in [-0.25, -0.2) is 4.79 Å². The number of carbonyl (C=O) groups is 3. The molecule has 1 fully saturated rings. The number of nitrogens with one attached hydrogen (secondary N) is 2. The van der Waals surface area contributed by atoms with Crippen molar-refractivity contribution in [3.05, 3.63) is 65.2 Å². The van der Waals surface area contributed by atoms with Crippen LogP contribution in [0, 0.1) is 0 Å². The van der Waals surface area contributed by atoms with Crippen LogP contribution < -0.4 is 15.5 Å². The van der Waals surface area contributed by atoms with Crippen molar-refractivity contribution in [1.29, 1.82) is 0 Å². The lowest BCUT2D eigenvalue weighted by molar-refractivity contribution is -0.132. The zero-order valence-corrected chi connectivity index (χ0v) is 15.5. The van der Waals surface area contributed by atoms with Crippen molar-refractivity contribution in [3.63, 3.8) is 0 Å². The van der Waals surface area contributed by atoms with E-state index in [1.165, 1.54) is 0 Å². The first kappa shape index (κ1) is 18.0. The van der Waals surface area contributed by atoms with Gasteiger partial charge in [0, 0.05) is 12.0 Å². The molecule has 1 saturated heterocycles. The molecule has 4 amide bonds. The molecule has 0 saturated carbocycles. The minimum atomic E-state index is -1.06. The molecule has 28 heavy (non-hydrogen) atoms. The van der Waals surface area contributed by atoms with Gasteiger partial charge in [-0.2, -0.15) is 5.01 Å². The molecule has 2 aromatic carbocycles. The van der Waals surface area contributed by atoms with E-state index in [0.29, 0.717) is 25.0 Å². The fourth-order valence-corrected chi connectivity index (χ4v) is 3.49. The second-order valence-electron chi connectivity index (χ2n) is 7.25. The summed E-state index contributed by atoms with van der Waals surface area (Å²) in [7, 11) is 0. The standard InChI is InChI=1S/C21H21N3O4/c1-21(11-9-14-5-3-2-4-6-14)19(26)24(20(27)22-21)23-18(25)16-7-8-17-15(13-16)10-12-28-17/h2-8,13H,9-12H2,1H3,(H,22,27)(H,23,25). The van der Waals surface area contributed by atoms with Crippen LogP contribution in [0.5, 0.6) is 5.75 Å². The number of amides is 4. The number of fused-ring (bicyclic) bond motifs is 1. The Balaban J connectivity index is 1.44. The Labute approximate surface area is 162 Å². The van der Waals surface area contributed by atoms with Crippen molar-refractivity contribution in [2.45, 2.75) is 31.7 Å². The summed E-state index contributed by atoms with van der Waals surface area (Å²) in [6.45, 7) is 2.27. The van der Waals surface area contributed by atoms with Crippen molar-refractivity contribution >= 4 is 17.8 Å². The number of hydrazine groups is 1. The Morgan fingerprint density at radius 1 is 1.21 bits per heavy atom. The Bertz CT molecular complexity index is 944. The average Bonchev–Trinajstić information content (AvgIpc) is 3.25. The van der Waals surface area contributed by atoms with E-state index in [0.717, 1.165) is 28.3 Å². The largest absolute Gasteiger partial charge is 0.493 e. The topological polar surface area (TPSA) is 87.7 Å². The molecule has 0 aliphatic carbocycles. The maximum atomic E-state index is 12.8. The van der Waals surface area contributed by atoms with E-state index in [2.05, 4.69) is 10.7 Å². The zero-order valence-electron chi connectivity index (χ0n) is 15.5. The molecule has 4 rings (SSSR count). The van der Waals surface area contributed by atoms with Gasteiger partial charge in [0.1, 0.15) is 11.3 Å². The lowest BCUT2D eigenvalue weighted by atomic mass is 9.93. The van der Waals surface area contributed by atoms with Crippen molar-refractivity contribution in [2.24, 2.45) is 0 Å². The maximum absolute atomic E-state index is 12.8. The molecule has 1 unspecified atom stereocenters. The number of carbonyl (C=O) groups excluding carboxylic acids is 3. The Hall–Kier alpha value is -3.35. The van der Waals surface area contributed by atoms with Gasteiger partial charge >= 0.3 is 6.03 Å². The lowest BCUT2D eigenvalue weighted by Gasteiger charge is -2.21. The van der Waals surface area contributed by atoms with Crippen LogP contribution in [0.4, 0.5) is 4.79 Å². The summed E-state index contributed by atoms with van der Waals surface area (Å²) in [6, 6.07) is 14.2. The van der Waals surface area contributed by atoms with E-state index < -0.39 is 23.4 Å². The number of hydrogen-bond donors (Lipinski definition) is 2. The third-order valence-electron chi connectivity index (χ3n) is 5.18. The van der Waals surface area contributed by atoms with Crippen LogP contribution in [0.25, 0.3) is 0 Å². The molecule has 0 aromatic heterocycles. The van der Waals surface area contributed by atoms with Gasteiger partial charge < -0.3 is 10.1 Å². The first-order valence-electron chi connectivity index (χ1n) is 9.24. The summed E-state index contributed by atoms with van der Waals surface area (Å²) in [5, 5.41) is 3.48. The summed E-state index contributed by atoms with van der Waals surface area (Å²) in [4.78, 5) is 37.7. The number of imide groups is 1. The highest BCUT2D eigenvalue weighted by Crippen LogP contribution is 2.26. The molecule has 0 bridgehead atoms. The number of rotatable bonds is 5. The van der Waals surface area contributed by atoms with E-state index in [-0.39, 0.29) is 0 Å². The molecule has 144 valence electrons. The molecule has 2 aliphatic heterocycles. The molecule has 2 aromatic rings. The molecular formula is C21H21N3O4. The highest BCUT2D eigenvalue weighted by atomic mass is 16.5. The molecule has 7 heteroatoms. The number of aryl methyl sites for hydroxylation is 1. The fraction of sp³-hybridized carbons (Fsp3) is 0.286. The van der Waals surface area contributed by atoms with Crippen molar-refractivity contribution in [2.75, 3.05) is 6.61 Å². The van der Waals surface area contributed by atoms with Gasteiger partial charge in [0.05, 0.1) is 6.61 Å². The molecule has 7 nitrogen and oxygen atoms in total. The zero-order chi connectivity index (χ0) is 19.7. The monoisotopic (exact) mass is 379 g/mol. The van der Waals surface area contributed by atoms with E-state index in [1.807, 2.05) is 30.3 Å². The van der Waals surface area contributed by atoms with E-state index in [9.17, 15) is 14.4 Å². The van der Waals surface area contributed by atoms with Crippen LogP contribution in [0.2, 0.25) is 0 Å². The third-order valence-corrected chi connectivity index (χ3v) is 5.18. The van der Waals surface area contributed by atoms with Gasteiger partial charge in [0.2, 0.25) is 0 Å². The Morgan fingerprint density at radius 2 is 2.00 bits per heavy atom. The van der Waals surface area contributed by atoms with Crippen LogP contribution >= 0.6 is 0 Å². The lowest BCUT2D eigenvalue weighted by Crippen LogP contribution is -2.49. The van der Waals surface area contributed by atoms with Crippen LogP contribution in [-0.4, -0.2) is 35.0 Å². The molecule has 2 heterocycles. The van der Waals surface area contributed by atoms with Crippen LogP contribution in [0.15, 0.2) is 48.5 Å². The highest BCUT2D eigenvalue weighted by molar-refractivity contribution is 6.09. The predicted molar refractivity (Wildman–Crippen MR) is 102 cm³/mol. The number of hydrogen-bond acceptors (Lipinski definition) is 4. The molecule has 0 spiro atoms. The summed E-state index contributed by atoms with van der Waals surface area (Å²) in [5.41, 5.74) is 3.76. The minimum absolute atomic E-state index is 0.378. The second kappa shape index (κ2) is 6.99. The normalized spacial score (nSPS) is 20.5. The van der Waals surface area contributed by atoms with Crippen LogP contribution in [-0.2, 0) is 17.6 Å². The highest BCUT2D eigenvalue weighted by Gasteiger charge is 2.48. The molecule has 2 aliphatic rings. The maximum Gasteiger partial charge on any atom is 0.344 e. The predicted octanol–water partition coefficient (Wildman–Crippen LogP) is 2.21. The van der Waals surface area contributed by atoms with Gasteiger partial charge in [0.15, 0.2) is 0 Å². The summed E-state index contributed by atoms with van der Waals surface area (Å²) in [6.07, 6.45) is 1.80. The Morgan fingerprint density at radius 3 is 2.79 bits per heavy atom.